The number of nitrogens with zero attached hydrogens (tertiary/aromatic N) is 2. The minimum Gasteiger partial charge on any atom is -0.392 e. The SMILES string of the molecule is Cc1cc(N(C)C2CCSC2)c(CO)cn1. The highest BCUT2D eigenvalue weighted by atomic mass is 32.2. The Morgan fingerprint density at radius 3 is 3.06 bits per heavy atom. The first-order valence-corrected chi connectivity index (χ1v) is 6.75. The fourth-order valence-corrected chi connectivity index (χ4v) is 3.32. The van der Waals surface area contributed by atoms with E-state index in [1.807, 2.05) is 18.7 Å². The van der Waals surface area contributed by atoms with E-state index in [2.05, 4.69) is 23.0 Å². The quantitative estimate of drug-likeness (QED) is 0.871. The fraction of sp³-hybridized carbons (Fsp3) is 0.583. The number of rotatable bonds is 3. The first-order chi connectivity index (χ1) is 7.72. The molecule has 3 nitrogen and oxygen atoms in total. The van der Waals surface area contributed by atoms with Crippen LogP contribution >= 0.6 is 11.8 Å². The average Bonchev–Trinajstić information content (AvgIpc) is 2.81. The zero-order chi connectivity index (χ0) is 11.5. The second-order valence-corrected chi connectivity index (χ2v) is 5.39. The lowest BCUT2D eigenvalue weighted by molar-refractivity contribution is 0.281. The van der Waals surface area contributed by atoms with Crippen LogP contribution in [-0.4, -0.2) is 34.7 Å². The van der Waals surface area contributed by atoms with Crippen LogP contribution in [0.4, 0.5) is 5.69 Å². The standard InChI is InChI=1S/C12H18N2OS/c1-9-5-12(10(7-15)6-13-9)14(2)11-3-4-16-8-11/h5-6,11,15H,3-4,7-8H2,1-2H3. The number of aliphatic hydroxyl groups excluding tert-OH is 1. The van der Waals surface area contributed by atoms with E-state index >= 15 is 0 Å². The highest BCUT2D eigenvalue weighted by Crippen LogP contribution is 2.28. The maximum atomic E-state index is 9.33. The Morgan fingerprint density at radius 1 is 1.62 bits per heavy atom. The van der Waals surface area contributed by atoms with E-state index in [-0.39, 0.29) is 6.61 Å². The summed E-state index contributed by atoms with van der Waals surface area (Å²) in [5, 5.41) is 9.33. The van der Waals surface area contributed by atoms with Gasteiger partial charge in [0.2, 0.25) is 0 Å². The van der Waals surface area contributed by atoms with Crippen LogP contribution in [0.5, 0.6) is 0 Å². The van der Waals surface area contributed by atoms with E-state index in [1.54, 1.807) is 6.20 Å². The maximum Gasteiger partial charge on any atom is 0.0717 e. The minimum atomic E-state index is 0.0623. The normalized spacial score (nSPS) is 20.1. The number of thioether (sulfide) groups is 1. The molecule has 1 aliphatic heterocycles. The summed E-state index contributed by atoms with van der Waals surface area (Å²) in [5.41, 5.74) is 3.05. The Hall–Kier alpha value is -0.740. The lowest BCUT2D eigenvalue weighted by Gasteiger charge is -2.28. The lowest BCUT2D eigenvalue weighted by Crippen LogP contribution is -2.32. The second kappa shape index (κ2) is 5.06. The summed E-state index contributed by atoms with van der Waals surface area (Å²) in [6.45, 7) is 2.05. The molecule has 1 aliphatic rings. The number of pyridine rings is 1. The molecule has 88 valence electrons. The summed E-state index contributed by atoms with van der Waals surface area (Å²) >= 11 is 2.00. The number of hydrogen-bond acceptors (Lipinski definition) is 4. The molecule has 2 heterocycles. The summed E-state index contributed by atoms with van der Waals surface area (Å²) in [6.07, 6.45) is 3.01. The van der Waals surface area contributed by atoms with E-state index in [1.165, 1.54) is 17.9 Å². The van der Waals surface area contributed by atoms with Gasteiger partial charge in [-0.2, -0.15) is 11.8 Å². The van der Waals surface area contributed by atoms with Crippen LogP contribution in [0.25, 0.3) is 0 Å². The molecule has 1 unspecified atom stereocenters. The van der Waals surface area contributed by atoms with Crippen molar-refractivity contribution >= 4 is 17.4 Å². The van der Waals surface area contributed by atoms with Crippen LogP contribution in [0.15, 0.2) is 12.3 Å². The molecule has 0 saturated carbocycles. The van der Waals surface area contributed by atoms with Crippen molar-refractivity contribution in [3.63, 3.8) is 0 Å². The van der Waals surface area contributed by atoms with Crippen molar-refractivity contribution in [2.75, 3.05) is 23.5 Å². The van der Waals surface area contributed by atoms with E-state index in [0.29, 0.717) is 6.04 Å². The molecule has 0 spiro atoms. The highest BCUT2D eigenvalue weighted by Gasteiger charge is 2.22. The van der Waals surface area contributed by atoms with Gasteiger partial charge in [0.1, 0.15) is 0 Å². The van der Waals surface area contributed by atoms with Gasteiger partial charge in [-0.05, 0) is 25.2 Å². The van der Waals surface area contributed by atoms with Crippen LogP contribution in [0.2, 0.25) is 0 Å². The Kier molecular flexibility index (Phi) is 3.71. The van der Waals surface area contributed by atoms with Crippen LogP contribution in [0.1, 0.15) is 17.7 Å². The van der Waals surface area contributed by atoms with Crippen molar-refractivity contribution in [3.05, 3.63) is 23.5 Å². The lowest BCUT2D eigenvalue weighted by atomic mass is 10.1. The van der Waals surface area contributed by atoms with Crippen LogP contribution in [0.3, 0.4) is 0 Å². The van der Waals surface area contributed by atoms with Crippen molar-refractivity contribution in [1.29, 1.82) is 0 Å². The van der Waals surface area contributed by atoms with E-state index < -0.39 is 0 Å². The number of aromatic nitrogens is 1. The molecule has 1 aromatic rings. The van der Waals surface area contributed by atoms with E-state index in [0.717, 1.165) is 16.9 Å². The van der Waals surface area contributed by atoms with Gasteiger partial charge in [0.15, 0.2) is 0 Å². The Morgan fingerprint density at radius 2 is 2.44 bits per heavy atom. The van der Waals surface area contributed by atoms with Gasteiger partial charge >= 0.3 is 0 Å². The summed E-state index contributed by atoms with van der Waals surface area (Å²) in [6, 6.07) is 2.66. The molecular weight excluding hydrogens is 220 g/mol. The van der Waals surface area contributed by atoms with E-state index in [9.17, 15) is 5.11 Å². The third-order valence-corrected chi connectivity index (χ3v) is 4.25. The summed E-state index contributed by atoms with van der Waals surface area (Å²) in [4.78, 5) is 6.52. The molecule has 0 radical (unpaired) electrons. The highest BCUT2D eigenvalue weighted by molar-refractivity contribution is 7.99. The van der Waals surface area contributed by atoms with Crippen LogP contribution < -0.4 is 4.90 Å². The smallest absolute Gasteiger partial charge is 0.0717 e. The van der Waals surface area contributed by atoms with Crippen molar-refractivity contribution in [2.24, 2.45) is 0 Å². The molecule has 16 heavy (non-hydrogen) atoms. The molecule has 0 aromatic carbocycles. The van der Waals surface area contributed by atoms with Gasteiger partial charge in [0, 0.05) is 42.0 Å². The molecule has 1 fully saturated rings. The molecule has 2 rings (SSSR count). The topological polar surface area (TPSA) is 36.4 Å². The molecule has 1 saturated heterocycles. The largest absolute Gasteiger partial charge is 0.392 e. The van der Waals surface area contributed by atoms with Gasteiger partial charge in [0.05, 0.1) is 6.61 Å². The zero-order valence-corrected chi connectivity index (χ0v) is 10.6. The van der Waals surface area contributed by atoms with E-state index in [4.69, 9.17) is 0 Å². The molecule has 0 aliphatic carbocycles. The zero-order valence-electron chi connectivity index (χ0n) is 9.81. The minimum absolute atomic E-state index is 0.0623. The Bertz CT molecular complexity index is 364. The summed E-state index contributed by atoms with van der Waals surface area (Å²) in [5.74, 6) is 2.43. The van der Waals surface area contributed by atoms with Crippen molar-refractivity contribution in [3.8, 4) is 0 Å². The molecule has 1 N–H and O–H groups in total. The average molecular weight is 238 g/mol. The Labute approximate surface area is 101 Å². The van der Waals surface area contributed by atoms with Crippen LogP contribution in [-0.2, 0) is 6.61 Å². The van der Waals surface area contributed by atoms with Crippen molar-refractivity contribution in [2.45, 2.75) is 26.0 Å². The molecular formula is C12H18N2OS. The number of hydrogen-bond donors (Lipinski definition) is 1. The Balaban J connectivity index is 2.26. The third-order valence-electron chi connectivity index (χ3n) is 3.10. The van der Waals surface area contributed by atoms with Crippen LogP contribution in [0, 0.1) is 6.92 Å². The third kappa shape index (κ3) is 2.33. The summed E-state index contributed by atoms with van der Waals surface area (Å²) < 4.78 is 0. The predicted octanol–water partition coefficient (Wildman–Crippen LogP) is 1.82. The summed E-state index contributed by atoms with van der Waals surface area (Å²) in [7, 11) is 2.12. The molecule has 1 atom stereocenters. The molecule has 1 aromatic heterocycles. The maximum absolute atomic E-state index is 9.33. The first-order valence-electron chi connectivity index (χ1n) is 5.59. The van der Waals surface area contributed by atoms with Crippen molar-refractivity contribution < 1.29 is 5.11 Å². The van der Waals surface area contributed by atoms with Gasteiger partial charge < -0.3 is 10.0 Å². The van der Waals surface area contributed by atoms with Gasteiger partial charge in [-0.3, -0.25) is 4.98 Å². The van der Waals surface area contributed by atoms with Gasteiger partial charge in [-0.15, -0.1) is 0 Å². The number of aliphatic hydroxyl groups is 1. The van der Waals surface area contributed by atoms with Crippen molar-refractivity contribution in [1.82, 2.24) is 4.98 Å². The fourth-order valence-electron chi connectivity index (χ4n) is 2.05. The molecule has 0 amide bonds. The predicted molar refractivity (Wildman–Crippen MR) is 69.0 cm³/mol. The van der Waals surface area contributed by atoms with Gasteiger partial charge in [-0.25, -0.2) is 0 Å². The first kappa shape index (κ1) is 11.7. The molecule has 0 bridgehead atoms. The monoisotopic (exact) mass is 238 g/mol. The number of anilines is 1. The molecule has 4 heteroatoms. The van der Waals surface area contributed by atoms with Gasteiger partial charge in [0.25, 0.3) is 0 Å². The number of aryl methyl sites for hydroxylation is 1. The van der Waals surface area contributed by atoms with Gasteiger partial charge in [-0.1, -0.05) is 0 Å². The second-order valence-electron chi connectivity index (χ2n) is 4.24.